The molecule has 0 aliphatic carbocycles. The SMILES string of the molecule is CCCCOCCCC[C@H]1CCCCN1c1cncc(OC[C@@H]2CCCN2)c1. The molecule has 5 heteroatoms. The van der Waals surface area contributed by atoms with Gasteiger partial charge in [-0.2, -0.15) is 0 Å². The van der Waals surface area contributed by atoms with Crippen LogP contribution < -0.4 is 15.0 Å². The molecule has 2 aliphatic heterocycles. The van der Waals surface area contributed by atoms with Gasteiger partial charge in [-0.05, 0) is 64.3 Å². The van der Waals surface area contributed by atoms with E-state index in [0.717, 1.165) is 38.7 Å². The Morgan fingerprint density at radius 3 is 2.89 bits per heavy atom. The number of nitrogens with one attached hydrogen (secondary N) is 1. The van der Waals surface area contributed by atoms with Crippen molar-refractivity contribution in [1.29, 1.82) is 0 Å². The molecule has 2 saturated heterocycles. The fourth-order valence-electron chi connectivity index (χ4n) is 4.31. The zero-order valence-electron chi connectivity index (χ0n) is 17.7. The Bertz CT molecular complexity index is 548. The highest BCUT2D eigenvalue weighted by atomic mass is 16.5. The van der Waals surface area contributed by atoms with E-state index in [9.17, 15) is 0 Å². The van der Waals surface area contributed by atoms with Gasteiger partial charge in [-0.15, -0.1) is 0 Å². The molecule has 1 aromatic heterocycles. The van der Waals surface area contributed by atoms with Gasteiger partial charge in [0.15, 0.2) is 0 Å². The Hall–Kier alpha value is -1.33. The molecule has 1 N–H and O–H groups in total. The number of aromatic nitrogens is 1. The minimum Gasteiger partial charge on any atom is -0.490 e. The molecule has 2 aliphatic rings. The Morgan fingerprint density at radius 2 is 2.04 bits per heavy atom. The van der Waals surface area contributed by atoms with E-state index in [-0.39, 0.29) is 0 Å². The molecule has 0 unspecified atom stereocenters. The first-order valence-corrected chi connectivity index (χ1v) is 11.5. The number of nitrogens with zero attached hydrogens (tertiary/aromatic N) is 2. The summed E-state index contributed by atoms with van der Waals surface area (Å²) in [6, 6.07) is 3.30. The summed E-state index contributed by atoms with van der Waals surface area (Å²) in [4.78, 5) is 7.04. The predicted molar refractivity (Wildman–Crippen MR) is 115 cm³/mol. The standard InChI is InChI=1S/C23H39N3O2/c1-2-3-14-27-15-7-5-11-21-10-4-6-13-26(21)22-16-23(18-24-17-22)28-19-20-9-8-12-25-20/h16-18,20-21,25H,2-15,19H2,1H3/t20-,21+/m0/s1. The summed E-state index contributed by atoms with van der Waals surface area (Å²) < 4.78 is 11.7. The summed E-state index contributed by atoms with van der Waals surface area (Å²) in [5, 5.41) is 3.49. The lowest BCUT2D eigenvalue weighted by molar-refractivity contribution is 0.126. The van der Waals surface area contributed by atoms with E-state index in [1.807, 2.05) is 12.4 Å². The molecule has 2 atom stereocenters. The van der Waals surface area contributed by atoms with Gasteiger partial charge < -0.3 is 19.7 Å². The van der Waals surface area contributed by atoms with Gasteiger partial charge in [-0.3, -0.25) is 4.98 Å². The minimum absolute atomic E-state index is 0.492. The molecule has 158 valence electrons. The number of piperidine rings is 1. The van der Waals surface area contributed by atoms with E-state index in [0.29, 0.717) is 12.1 Å². The second-order valence-corrected chi connectivity index (χ2v) is 8.29. The van der Waals surface area contributed by atoms with Crippen LogP contribution in [0.3, 0.4) is 0 Å². The number of ether oxygens (including phenoxy) is 2. The van der Waals surface area contributed by atoms with Crippen LogP contribution in [0.25, 0.3) is 0 Å². The van der Waals surface area contributed by atoms with Gasteiger partial charge in [0.1, 0.15) is 12.4 Å². The van der Waals surface area contributed by atoms with Gasteiger partial charge in [0.25, 0.3) is 0 Å². The minimum atomic E-state index is 0.492. The van der Waals surface area contributed by atoms with Crippen LogP contribution >= 0.6 is 0 Å². The van der Waals surface area contributed by atoms with Crippen LogP contribution in [0, 0.1) is 0 Å². The highest BCUT2D eigenvalue weighted by Gasteiger charge is 2.23. The van der Waals surface area contributed by atoms with Crippen molar-refractivity contribution in [2.75, 3.05) is 37.8 Å². The number of hydrogen-bond donors (Lipinski definition) is 1. The second-order valence-electron chi connectivity index (χ2n) is 8.29. The predicted octanol–water partition coefficient (Wildman–Crippen LogP) is 4.56. The van der Waals surface area contributed by atoms with Crippen molar-refractivity contribution in [1.82, 2.24) is 10.3 Å². The maximum absolute atomic E-state index is 6.03. The average molecular weight is 390 g/mol. The lowest BCUT2D eigenvalue weighted by atomic mass is 9.96. The van der Waals surface area contributed by atoms with E-state index in [4.69, 9.17) is 9.47 Å². The molecule has 0 saturated carbocycles. The Kier molecular flexibility index (Phi) is 9.38. The third kappa shape index (κ3) is 6.93. The van der Waals surface area contributed by atoms with E-state index in [2.05, 4.69) is 28.2 Å². The van der Waals surface area contributed by atoms with Gasteiger partial charge in [-0.1, -0.05) is 13.3 Å². The maximum atomic E-state index is 6.03. The van der Waals surface area contributed by atoms with Crippen molar-refractivity contribution in [3.63, 3.8) is 0 Å². The van der Waals surface area contributed by atoms with E-state index in [1.165, 1.54) is 69.9 Å². The normalized spacial score (nSPS) is 22.5. The van der Waals surface area contributed by atoms with Crippen LogP contribution in [0.15, 0.2) is 18.5 Å². The number of unbranched alkanes of at least 4 members (excludes halogenated alkanes) is 2. The van der Waals surface area contributed by atoms with Crippen LogP contribution in [0.2, 0.25) is 0 Å². The summed E-state index contributed by atoms with van der Waals surface area (Å²) in [5.74, 6) is 0.903. The Labute approximate surface area is 171 Å². The first-order chi connectivity index (χ1) is 13.9. The third-order valence-electron chi connectivity index (χ3n) is 5.99. The fourth-order valence-corrected chi connectivity index (χ4v) is 4.31. The van der Waals surface area contributed by atoms with Crippen LogP contribution in [-0.2, 0) is 4.74 Å². The third-order valence-corrected chi connectivity index (χ3v) is 5.99. The zero-order valence-corrected chi connectivity index (χ0v) is 17.7. The van der Waals surface area contributed by atoms with Gasteiger partial charge in [0.2, 0.25) is 0 Å². The number of rotatable bonds is 12. The lowest BCUT2D eigenvalue weighted by Gasteiger charge is -2.37. The smallest absolute Gasteiger partial charge is 0.139 e. The highest BCUT2D eigenvalue weighted by molar-refractivity contribution is 5.49. The topological polar surface area (TPSA) is 46.6 Å². The molecule has 2 fully saturated rings. The molecule has 0 spiro atoms. The van der Waals surface area contributed by atoms with E-state index in [1.54, 1.807) is 0 Å². The molecule has 0 bridgehead atoms. The van der Waals surface area contributed by atoms with Gasteiger partial charge >= 0.3 is 0 Å². The van der Waals surface area contributed by atoms with Crippen molar-refractivity contribution in [3.05, 3.63) is 18.5 Å². The van der Waals surface area contributed by atoms with Crippen LogP contribution in [0.4, 0.5) is 5.69 Å². The summed E-state index contributed by atoms with van der Waals surface area (Å²) >= 11 is 0. The summed E-state index contributed by atoms with van der Waals surface area (Å²) in [6.07, 6.45) is 16.3. The summed E-state index contributed by atoms with van der Waals surface area (Å²) in [5.41, 5.74) is 1.22. The van der Waals surface area contributed by atoms with Crippen molar-refractivity contribution >= 4 is 5.69 Å². The first-order valence-electron chi connectivity index (χ1n) is 11.5. The molecule has 5 nitrogen and oxygen atoms in total. The Morgan fingerprint density at radius 1 is 1.11 bits per heavy atom. The molecule has 0 aromatic carbocycles. The van der Waals surface area contributed by atoms with Crippen LogP contribution in [0.1, 0.15) is 71.1 Å². The largest absolute Gasteiger partial charge is 0.490 e. The zero-order chi connectivity index (χ0) is 19.4. The van der Waals surface area contributed by atoms with E-state index < -0.39 is 0 Å². The van der Waals surface area contributed by atoms with Crippen molar-refractivity contribution in [2.45, 2.75) is 83.2 Å². The molecule has 3 heterocycles. The van der Waals surface area contributed by atoms with Crippen molar-refractivity contribution in [3.8, 4) is 5.75 Å². The van der Waals surface area contributed by atoms with Gasteiger partial charge in [0.05, 0.1) is 18.1 Å². The molecule has 0 amide bonds. The molecule has 1 aromatic rings. The van der Waals surface area contributed by atoms with Crippen LogP contribution in [0.5, 0.6) is 5.75 Å². The number of hydrogen-bond acceptors (Lipinski definition) is 5. The quantitative estimate of drug-likeness (QED) is 0.531. The highest BCUT2D eigenvalue weighted by Crippen LogP contribution is 2.29. The van der Waals surface area contributed by atoms with Crippen molar-refractivity contribution in [2.24, 2.45) is 0 Å². The summed E-state index contributed by atoms with van der Waals surface area (Å²) in [6.45, 7) is 7.03. The Balaban J connectivity index is 1.46. The first kappa shape index (κ1) is 21.4. The fraction of sp³-hybridized carbons (Fsp3) is 0.783. The molecular weight excluding hydrogens is 350 g/mol. The van der Waals surface area contributed by atoms with Crippen LogP contribution in [-0.4, -0.2) is 50.0 Å². The summed E-state index contributed by atoms with van der Waals surface area (Å²) in [7, 11) is 0. The molecular formula is C23H39N3O2. The average Bonchev–Trinajstić information content (AvgIpc) is 3.26. The van der Waals surface area contributed by atoms with Crippen molar-refractivity contribution < 1.29 is 9.47 Å². The number of anilines is 1. The molecule has 28 heavy (non-hydrogen) atoms. The molecule has 0 radical (unpaired) electrons. The second kappa shape index (κ2) is 12.3. The number of pyridine rings is 1. The lowest BCUT2D eigenvalue weighted by Crippen LogP contribution is -2.39. The van der Waals surface area contributed by atoms with Gasteiger partial charge in [0, 0.05) is 37.9 Å². The van der Waals surface area contributed by atoms with Gasteiger partial charge in [-0.25, -0.2) is 0 Å². The maximum Gasteiger partial charge on any atom is 0.139 e. The molecule has 3 rings (SSSR count). The monoisotopic (exact) mass is 389 g/mol. The van der Waals surface area contributed by atoms with E-state index >= 15 is 0 Å².